The minimum Gasteiger partial charge on any atom is -0.462 e. The maximum absolute atomic E-state index is 13.5. The van der Waals surface area contributed by atoms with Crippen LogP contribution in [-0.2, 0) is 14.3 Å². The van der Waals surface area contributed by atoms with Gasteiger partial charge in [-0.3, -0.25) is 9.59 Å². The summed E-state index contributed by atoms with van der Waals surface area (Å²) in [6, 6.07) is 0. The first kappa shape index (κ1) is 24.5. The van der Waals surface area contributed by atoms with Crippen LogP contribution in [0.2, 0.25) is 0 Å². The van der Waals surface area contributed by atoms with Gasteiger partial charge in [0.1, 0.15) is 6.10 Å². The van der Waals surface area contributed by atoms with E-state index in [-0.39, 0.29) is 29.2 Å². The average molecular weight is 471 g/mol. The summed E-state index contributed by atoms with van der Waals surface area (Å²) in [5.41, 5.74) is -0.670. The quantitative estimate of drug-likeness (QED) is 0.517. The number of hydrogen-bond donors (Lipinski definition) is 1. The van der Waals surface area contributed by atoms with Crippen LogP contribution in [0.5, 0.6) is 0 Å². The molecule has 1 N–H and O–H groups in total. The molecule has 5 aliphatic rings. The van der Waals surface area contributed by atoms with Crippen LogP contribution in [0.4, 0.5) is 0 Å². The van der Waals surface area contributed by atoms with Crippen LogP contribution in [0.15, 0.2) is 12.2 Å². The average Bonchev–Trinajstić information content (AvgIpc) is 3.14. The number of fused-ring (bicyclic) bond motifs is 5. The summed E-state index contributed by atoms with van der Waals surface area (Å²) in [6.45, 7) is 15.7. The molecule has 0 aromatic carbocycles. The second-order valence-electron chi connectivity index (χ2n) is 13.7. The Morgan fingerprint density at radius 2 is 1.74 bits per heavy atom. The molecule has 0 spiro atoms. The molecular weight excluding hydrogens is 424 g/mol. The van der Waals surface area contributed by atoms with E-state index in [1.807, 2.05) is 6.92 Å². The summed E-state index contributed by atoms with van der Waals surface area (Å²) in [4.78, 5) is 26.0. The molecule has 13 atom stereocenters. The minimum absolute atomic E-state index is 0.00186. The van der Waals surface area contributed by atoms with Crippen molar-refractivity contribution in [2.24, 2.45) is 63.6 Å². The number of rotatable bonds is 2. The molecule has 0 aromatic rings. The number of cyclic esters (lactones) is 1. The molecule has 4 aliphatic carbocycles. The number of allylic oxidation sites excluding steroid dienone is 1. The lowest BCUT2D eigenvalue weighted by molar-refractivity contribution is -0.197. The normalized spacial score (nSPS) is 55.7. The molecule has 34 heavy (non-hydrogen) atoms. The van der Waals surface area contributed by atoms with Crippen molar-refractivity contribution in [3.05, 3.63) is 12.2 Å². The number of hydrogen-bond acceptors (Lipinski definition) is 4. The molecule has 3 saturated carbocycles. The Hall–Kier alpha value is -1.16. The minimum atomic E-state index is -0.554. The highest BCUT2D eigenvalue weighted by Crippen LogP contribution is 2.71. The Morgan fingerprint density at radius 1 is 1.03 bits per heavy atom. The van der Waals surface area contributed by atoms with E-state index in [1.54, 1.807) is 12.2 Å². The lowest BCUT2D eigenvalue weighted by Crippen LogP contribution is -2.65. The predicted octanol–water partition coefficient (Wildman–Crippen LogP) is 5.82. The molecule has 0 radical (unpaired) electrons. The summed E-state index contributed by atoms with van der Waals surface area (Å²) in [5, 5.41) is 11.1. The Bertz CT molecular complexity index is 894. The Balaban J connectivity index is 1.43. The van der Waals surface area contributed by atoms with Gasteiger partial charge in [-0.25, -0.2) is 0 Å². The topological polar surface area (TPSA) is 63.6 Å². The molecule has 0 amide bonds. The Kier molecular flexibility index (Phi) is 5.71. The van der Waals surface area contributed by atoms with E-state index in [0.717, 1.165) is 25.7 Å². The van der Waals surface area contributed by atoms with Crippen LogP contribution in [0.3, 0.4) is 0 Å². The standard InChI is InChI=1S/C30H46O4/c1-16-14-24(34-27(33)18(16)3)19(4)21-8-9-22-20-15-17(2)29(6)25(31)10-11-26(32)30(29,7)23(20)12-13-28(21,22)5/h10-11,16-25,31H,8-9,12-15H2,1-7H3/t16-,17-,18+,19+,20?,21?,22?,23?,24?,25+,28-,29-,30+/m1/s1. The van der Waals surface area contributed by atoms with Crippen molar-refractivity contribution in [3.8, 4) is 0 Å². The molecule has 1 heterocycles. The summed E-state index contributed by atoms with van der Waals surface area (Å²) in [6.07, 6.45) is 9.57. The fraction of sp³-hybridized carbons (Fsp3) is 0.867. The van der Waals surface area contributed by atoms with Gasteiger partial charge in [0.25, 0.3) is 0 Å². The molecule has 0 aromatic heterocycles. The van der Waals surface area contributed by atoms with Crippen LogP contribution in [0.25, 0.3) is 0 Å². The van der Waals surface area contributed by atoms with Gasteiger partial charge in [0.15, 0.2) is 5.78 Å². The number of aliphatic hydroxyl groups is 1. The molecule has 5 unspecified atom stereocenters. The number of esters is 1. The van der Waals surface area contributed by atoms with E-state index in [1.165, 1.54) is 12.8 Å². The SMILES string of the molecule is C[C@H](C1C[C@@H](C)[C@H](C)C(=O)O1)C1CCC2C3C[C@@H](C)[C@]4(C)[C@@H](O)C=CC(=O)[C@]4(C)C3CC[C@@]21C. The van der Waals surface area contributed by atoms with E-state index >= 15 is 0 Å². The first-order valence-electron chi connectivity index (χ1n) is 14.0. The van der Waals surface area contributed by atoms with Gasteiger partial charge in [0.05, 0.1) is 12.0 Å². The lowest BCUT2D eigenvalue weighted by atomic mass is 9.38. The summed E-state index contributed by atoms with van der Waals surface area (Å²) in [5.74, 6) is 3.28. The van der Waals surface area contributed by atoms with Crippen LogP contribution in [0.1, 0.15) is 87.0 Å². The molecule has 5 rings (SSSR count). The maximum Gasteiger partial charge on any atom is 0.309 e. The van der Waals surface area contributed by atoms with Crippen LogP contribution in [0, 0.1) is 63.6 Å². The largest absolute Gasteiger partial charge is 0.462 e. The molecule has 4 nitrogen and oxygen atoms in total. The molecular formula is C30H46O4. The maximum atomic E-state index is 13.5. The van der Waals surface area contributed by atoms with Gasteiger partial charge >= 0.3 is 5.97 Å². The van der Waals surface area contributed by atoms with Gasteiger partial charge in [-0.05, 0) is 91.4 Å². The Labute approximate surface area is 206 Å². The first-order chi connectivity index (χ1) is 15.9. The molecule has 4 fully saturated rings. The number of aliphatic hydroxyl groups excluding tert-OH is 1. The van der Waals surface area contributed by atoms with Crippen molar-refractivity contribution >= 4 is 11.8 Å². The van der Waals surface area contributed by atoms with Crippen molar-refractivity contribution < 1.29 is 19.4 Å². The number of carbonyl (C=O) groups is 2. The van der Waals surface area contributed by atoms with E-state index in [4.69, 9.17) is 4.74 Å². The van der Waals surface area contributed by atoms with Gasteiger partial charge in [-0.2, -0.15) is 0 Å². The van der Waals surface area contributed by atoms with E-state index in [9.17, 15) is 14.7 Å². The predicted molar refractivity (Wildman–Crippen MR) is 133 cm³/mol. The molecule has 0 bridgehead atoms. The number of carbonyl (C=O) groups excluding carboxylic acids is 2. The molecule has 190 valence electrons. The van der Waals surface area contributed by atoms with Crippen LogP contribution < -0.4 is 0 Å². The third-order valence-corrected chi connectivity index (χ3v) is 12.9. The zero-order valence-electron chi connectivity index (χ0n) is 22.3. The van der Waals surface area contributed by atoms with Crippen molar-refractivity contribution in [2.75, 3.05) is 0 Å². The van der Waals surface area contributed by atoms with Gasteiger partial charge in [-0.1, -0.05) is 54.5 Å². The second kappa shape index (κ2) is 7.92. The fourth-order valence-electron chi connectivity index (χ4n) is 10.1. The summed E-state index contributed by atoms with van der Waals surface area (Å²) in [7, 11) is 0. The first-order valence-corrected chi connectivity index (χ1v) is 14.0. The van der Waals surface area contributed by atoms with Gasteiger partial charge in [-0.15, -0.1) is 0 Å². The van der Waals surface area contributed by atoms with E-state index in [2.05, 4.69) is 41.5 Å². The van der Waals surface area contributed by atoms with Gasteiger partial charge in [0.2, 0.25) is 0 Å². The highest BCUT2D eigenvalue weighted by Gasteiger charge is 2.68. The molecule has 1 aliphatic heterocycles. The van der Waals surface area contributed by atoms with Crippen molar-refractivity contribution in [1.29, 1.82) is 0 Å². The van der Waals surface area contributed by atoms with Crippen molar-refractivity contribution in [3.63, 3.8) is 0 Å². The van der Waals surface area contributed by atoms with Crippen LogP contribution in [-0.4, -0.2) is 29.1 Å². The van der Waals surface area contributed by atoms with Crippen LogP contribution >= 0.6 is 0 Å². The van der Waals surface area contributed by atoms with Crippen molar-refractivity contribution in [1.82, 2.24) is 0 Å². The monoisotopic (exact) mass is 470 g/mol. The number of ether oxygens (including phenoxy) is 1. The fourth-order valence-corrected chi connectivity index (χ4v) is 10.1. The highest BCUT2D eigenvalue weighted by molar-refractivity contribution is 5.97. The smallest absolute Gasteiger partial charge is 0.309 e. The lowest BCUT2D eigenvalue weighted by Gasteiger charge is -2.66. The Morgan fingerprint density at radius 3 is 2.41 bits per heavy atom. The number of ketones is 1. The summed E-state index contributed by atoms with van der Waals surface area (Å²) >= 11 is 0. The third-order valence-electron chi connectivity index (χ3n) is 12.9. The molecule has 4 heteroatoms. The molecule has 1 saturated heterocycles. The highest BCUT2D eigenvalue weighted by atomic mass is 16.5. The second-order valence-corrected chi connectivity index (χ2v) is 13.7. The summed E-state index contributed by atoms with van der Waals surface area (Å²) < 4.78 is 6.00. The zero-order valence-corrected chi connectivity index (χ0v) is 22.3. The third kappa shape index (κ3) is 2.99. The van der Waals surface area contributed by atoms with Crippen molar-refractivity contribution in [2.45, 2.75) is 99.2 Å². The van der Waals surface area contributed by atoms with E-state index in [0.29, 0.717) is 41.4 Å². The van der Waals surface area contributed by atoms with E-state index < -0.39 is 16.9 Å². The van der Waals surface area contributed by atoms with Gasteiger partial charge in [0, 0.05) is 10.8 Å². The van der Waals surface area contributed by atoms with Gasteiger partial charge < -0.3 is 9.84 Å². The zero-order chi connectivity index (χ0) is 24.8.